The summed E-state index contributed by atoms with van der Waals surface area (Å²) in [5, 5.41) is 14.6. The highest BCUT2D eigenvalue weighted by molar-refractivity contribution is 7.93. The number of allylic oxidation sites excluding steroid dienone is 1. The Kier molecular flexibility index (Phi) is 6.22. The number of hydrogen-bond acceptors (Lipinski definition) is 5. The van der Waals surface area contributed by atoms with Gasteiger partial charge in [-0.25, -0.2) is 27.0 Å². The highest BCUT2D eigenvalue weighted by Gasteiger charge is 2.37. The molecule has 0 bridgehead atoms. The number of amides is 1. The van der Waals surface area contributed by atoms with Gasteiger partial charge in [0.05, 0.1) is 5.69 Å². The SMILES string of the molecule is CC[N+]1(c2ccccn2)C=CC(c2cccc(N(C(=O)O)S(=O)(=O)c3cc(F)ccc3F)c2C)=N1. The lowest BCUT2D eigenvalue weighted by molar-refractivity contribution is 0.206. The Hall–Kier alpha value is -3.96. The first-order valence-electron chi connectivity index (χ1n) is 10.5. The lowest BCUT2D eigenvalue weighted by Gasteiger charge is -2.23. The molecule has 2 heterocycles. The molecule has 1 unspecified atom stereocenters. The maximum absolute atomic E-state index is 14.3. The monoisotopic (exact) mass is 499 g/mol. The maximum atomic E-state index is 14.3. The van der Waals surface area contributed by atoms with E-state index in [-0.39, 0.29) is 20.1 Å². The summed E-state index contributed by atoms with van der Waals surface area (Å²) in [4.78, 5) is 15.4. The molecule has 3 aromatic rings. The summed E-state index contributed by atoms with van der Waals surface area (Å²) in [6.45, 7) is 4.01. The number of quaternary nitrogens is 1. The average Bonchev–Trinajstić information content (AvgIpc) is 3.28. The average molecular weight is 500 g/mol. The first-order valence-corrected chi connectivity index (χ1v) is 12.0. The molecule has 35 heavy (non-hydrogen) atoms. The standard InChI is InChI=1S/C24H20F2N4O4S/c1-3-30(23-9-4-5-13-27-23)14-12-20(28-30)18-7-6-8-21(16(18)2)29(24(31)32)35(33,34)22-15-17(25)10-11-19(22)26/h4-15H,3H2,1-2H3/p+1. The van der Waals surface area contributed by atoms with Crippen molar-refractivity contribution in [3.8, 4) is 0 Å². The number of benzene rings is 2. The molecule has 180 valence electrons. The van der Waals surface area contributed by atoms with E-state index in [1.807, 2.05) is 25.3 Å². The molecule has 0 saturated heterocycles. The predicted molar refractivity (Wildman–Crippen MR) is 127 cm³/mol. The molecule has 4 rings (SSSR count). The van der Waals surface area contributed by atoms with Crippen LogP contribution in [0.4, 0.5) is 25.1 Å². The number of anilines is 1. The second-order valence-electron chi connectivity index (χ2n) is 7.71. The fourth-order valence-electron chi connectivity index (χ4n) is 3.87. The first kappa shape index (κ1) is 24.2. The third kappa shape index (κ3) is 4.19. The number of carbonyl (C=O) groups is 1. The van der Waals surface area contributed by atoms with Crippen LogP contribution >= 0.6 is 0 Å². The minimum atomic E-state index is -4.99. The summed E-state index contributed by atoms with van der Waals surface area (Å²) in [7, 11) is -4.99. The minimum Gasteiger partial charge on any atom is -0.464 e. The van der Waals surface area contributed by atoms with Crippen LogP contribution in [0.5, 0.6) is 0 Å². The Balaban J connectivity index is 1.84. The van der Waals surface area contributed by atoms with E-state index in [0.29, 0.717) is 35.8 Å². The largest absolute Gasteiger partial charge is 0.464 e. The Morgan fingerprint density at radius 3 is 2.54 bits per heavy atom. The zero-order valence-electron chi connectivity index (χ0n) is 18.8. The zero-order valence-corrected chi connectivity index (χ0v) is 19.6. The smallest absolute Gasteiger partial charge is 0.426 e. The van der Waals surface area contributed by atoms with Crippen molar-refractivity contribution in [2.75, 3.05) is 10.8 Å². The highest BCUT2D eigenvalue weighted by atomic mass is 32.2. The van der Waals surface area contributed by atoms with Gasteiger partial charge in [0.15, 0.2) is 0 Å². The summed E-state index contributed by atoms with van der Waals surface area (Å²) in [5.41, 5.74) is 1.01. The molecule has 8 nitrogen and oxygen atoms in total. The predicted octanol–water partition coefficient (Wildman–Crippen LogP) is 4.80. The summed E-state index contributed by atoms with van der Waals surface area (Å²) in [6, 6.07) is 11.7. The van der Waals surface area contributed by atoms with Gasteiger partial charge in [-0.2, -0.15) is 4.31 Å². The molecule has 0 radical (unpaired) electrons. The lowest BCUT2D eigenvalue weighted by Crippen LogP contribution is -2.37. The fraction of sp³-hybridized carbons (Fsp3) is 0.125. The van der Waals surface area contributed by atoms with E-state index < -0.39 is 32.6 Å². The molecular weight excluding hydrogens is 478 g/mol. The van der Waals surface area contributed by atoms with Gasteiger partial charge in [-0.05, 0) is 49.7 Å². The van der Waals surface area contributed by atoms with Crippen LogP contribution in [0.3, 0.4) is 0 Å². The maximum Gasteiger partial charge on any atom is 0.426 e. The van der Waals surface area contributed by atoms with Crippen molar-refractivity contribution in [2.45, 2.75) is 18.7 Å². The van der Waals surface area contributed by atoms with Crippen molar-refractivity contribution in [2.24, 2.45) is 5.10 Å². The van der Waals surface area contributed by atoms with Crippen LogP contribution in [0.15, 0.2) is 83.1 Å². The van der Waals surface area contributed by atoms with Crippen molar-refractivity contribution in [3.05, 3.63) is 95.8 Å². The number of sulfonamides is 1. The summed E-state index contributed by atoms with van der Waals surface area (Å²) in [5.74, 6) is -1.62. The number of halogens is 2. The normalized spacial score (nSPS) is 17.3. The van der Waals surface area contributed by atoms with E-state index in [1.54, 1.807) is 24.4 Å². The van der Waals surface area contributed by atoms with Gasteiger partial charge in [0.1, 0.15) is 35.0 Å². The van der Waals surface area contributed by atoms with E-state index in [1.165, 1.54) is 19.1 Å². The Bertz CT molecular complexity index is 1480. The number of hydrogen-bond donors (Lipinski definition) is 1. The molecule has 0 saturated carbocycles. The van der Waals surface area contributed by atoms with Crippen molar-refractivity contribution in [1.82, 2.24) is 9.58 Å². The van der Waals surface area contributed by atoms with Gasteiger partial charge in [-0.3, -0.25) is 0 Å². The lowest BCUT2D eigenvalue weighted by atomic mass is 10.0. The third-order valence-corrected chi connectivity index (χ3v) is 7.38. The van der Waals surface area contributed by atoms with Gasteiger partial charge in [0, 0.05) is 23.9 Å². The minimum absolute atomic E-state index is 0.0452. The number of pyridine rings is 1. The van der Waals surface area contributed by atoms with Crippen molar-refractivity contribution in [1.29, 1.82) is 0 Å². The Morgan fingerprint density at radius 2 is 1.89 bits per heavy atom. The number of rotatable bonds is 6. The summed E-state index contributed by atoms with van der Waals surface area (Å²) >= 11 is 0. The summed E-state index contributed by atoms with van der Waals surface area (Å²) < 4.78 is 54.4. The third-order valence-electron chi connectivity index (χ3n) is 5.68. The van der Waals surface area contributed by atoms with E-state index in [9.17, 15) is 27.1 Å². The van der Waals surface area contributed by atoms with Crippen LogP contribution in [0, 0.1) is 18.6 Å². The van der Waals surface area contributed by atoms with E-state index in [2.05, 4.69) is 4.98 Å². The van der Waals surface area contributed by atoms with Gasteiger partial charge in [-0.1, -0.05) is 23.3 Å². The van der Waals surface area contributed by atoms with Crippen molar-refractivity contribution in [3.63, 3.8) is 0 Å². The topological polar surface area (TPSA) is 99.9 Å². The molecule has 2 aromatic carbocycles. The molecule has 1 N–H and O–H groups in total. The zero-order chi connectivity index (χ0) is 25.4. The van der Waals surface area contributed by atoms with Crippen LogP contribution in [0.25, 0.3) is 0 Å². The fourth-order valence-corrected chi connectivity index (χ4v) is 5.31. The van der Waals surface area contributed by atoms with E-state index >= 15 is 0 Å². The number of aromatic nitrogens is 1. The first-order chi connectivity index (χ1) is 16.6. The molecule has 1 aliphatic heterocycles. The van der Waals surface area contributed by atoms with Gasteiger partial charge in [-0.15, -0.1) is 4.59 Å². The van der Waals surface area contributed by atoms with Crippen molar-refractivity contribution < 1.29 is 27.1 Å². The molecular formula is C24H21F2N4O4S+. The molecule has 1 amide bonds. The quantitative estimate of drug-likeness (QED) is 0.491. The van der Waals surface area contributed by atoms with Crippen LogP contribution < -0.4 is 8.90 Å². The number of nitrogens with zero attached hydrogens (tertiary/aromatic N) is 4. The van der Waals surface area contributed by atoms with Crippen LogP contribution in [0.2, 0.25) is 0 Å². The molecule has 1 atom stereocenters. The Labute approximate surface area is 200 Å². The second-order valence-corrected chi connectivity index (χ2v) is 9.46. The second kappa shape index (κ2) is 9.01. The molecule has 0 spiro atoms. The van der Waals surface area contributed by atoms with Crippen LogP contribution in [-0.4, -0.2) is 36.9 Å². The molecule has 1 aromatic heterocycles. The highest BCUT2D eigenvalue weighted by Crippen LogP contribution is 2.33. The van der Waals surface area contributed by atoms with Crippen LogP contribution in [-0.2, 0) is 10.0 Å². The van der Waals surface area contributed by atoms with Gasteiger partial charge < -0.3 is 5.11 Å². The molecule has 0 fully saturated rings. The number of carboxylic acid groups (broad SMARTS) is 1. The Morgan fingerprint density at radius 1 is 1.11 bits per heavy atom. The van der Waals surface area contributed by atoms with Crippen LogP contribution in [0.1, 0.15) is 18.1 Å². The van der Waals surface area contributed by atoms with E-state index in [4.69, 9.17) is 5.10 Å². The molecule has 11 heteroatoms. The molecule has 1 aliphatic rings. The molecule has 0 aliphatic carbocycles. The van der Waals surface area contributed by atoms with E-state index in [0.717, 1.165) is 6.07 Å². The van der Waals surface area contributed by atoms with Gasteiger partial charge >= 0.3 is 6.09 Å². The van der Waals surface area contributed by atoms with Crippen molar-refractivity contribution >= 4 is 33.3 Å². The summed E-state index contributed by atoms with van der Waals surface area (Å²) in [6.07, 6.45) is 3.36. The van der Waals surface area contributed by atoms with Gasteiger partial charge in [0.2, 0.25) is 0 Å². The van der Waals surface area contributed by atoms with Gasteiger partial charge in [0.25, 0.3) is 15.8 Å².